The number of fused-ring (bicyclic) bond motifs is 2. The number of aryl methyl sites for hydroxylation is 1. The molecule has 4 aromatic rings. The second-order valence-corrected chi connectivity index (χ2v) is 14.0. The van der Waals surface area contributed by atoms with Crippen molar-refractivity contribution in [1.82, 2.24) is 24.7 Å². The van der Waals surface area contributed by atoms with Gasteiger partial charge in [-0.25, -0.2) is 4.98 Å². The number of imide groups is 1. The number of carbonyl (C=O) groups is 3. The zero-order chi connectivity index (χ0) is 36.2. The molecule has 2 fully saturated rings. The Balaban J connectivity index is 1.12. The van der Waals surface area contributed by atoms with Crippen LogP contribution >= 0.6 is 0 Å². The maximum absolute atomic E-state index is 13.5. The Morgan fingerprint density at radius 1 is 0.922 bits per heavy atom. The number of piperazine rings is 1. The van der Waals surface area contributed by atoms with Crippen molar-refractivity contribution in [2.45, 2.75) is 51.4 Å². The summed E-state index contributed by atoms with van der Waals surface area (Å²) in [4.78, 5) is 61.2. The van der Waals surface area contributed by atoms with Crippen molar-refractivity contribution in [3.05, 3.63) is 75.8 Å². The number of nitrogens with zero attached hydrogens (tertiary/aromatic N) is 5. The number of methoxy groups -OCH3 is 3. The molecule has 2 aromatic carbocycles. The van der Waals surface area contributed by atoms with Gasteiger partial charge in [0.15, 0.2) is 0 Å². The lowest BCUT2D eigenvalue weighted by Crippen LogP contribution is -2.59. The number of aromatic nitrogens is 2. The van der Waals surface area contributed by atoms with Crippen LogP contribution in [0.1, 0.15) is 48.2 Å². The maximum atomic E-state index is 13.5. The summed E-state index contributed by atoms with van der Waals surface area (Å²) in [5.74, 6) is 0.865. The number of pyridine rings is 2. The first-order valence-corrected chi connectivity index (χ1v) is 17.0. The molecule has 7 rings (SSSR count). The number of benzene rings is 2. The molecule has 13 heteroatoms. The van der Waals surface area contributed by atoms with Crippen molar-refractivity contribution in [2.24, 2.45) is 7.05 Å². The molecule has 0 saturated carbocycles. The van der Waals surface area contributed by atoms with Crippen LogP contribution in [0, 0.1) is 0 Å². The maximum Gasteiger partial charge on any atom is 0.259 e. The summed E-state index contributed by atoms with van der Waals surface area (Å²) >= 11 is 0. The molecule has 0 bridgehead atoms. The minimum absolute atomic E-state index is 0.151. The first-order chi connectivity index (χ1) is 24.4. The third kappa shape index (κ3) is 6.05. The Kier molecular flexibility index (Phi) is 8.70. The highest BCUT2D eigenvalue weighted by Crippen LogP contribution is 2.40. The van der Waals surface area contributed by atoms with E-state index in [-0.39, 0.29) is 29.3 Å². The molecule has 13 nitrogen and oxygen atoms in total. The number of anilines is 1. The lowest BCUT2D eigenvalue weighted by molar-refractivity contribution is -0.136. The molecule has 1 atom stereocenters. The highest BCUT2D eigenvalue weighted by atomic mass is 16.5. The Bertz CT molecular complexity index is 2120. The van der Waals surface area contributed by atoms with E-state index in [1.807, 2.05) is 30.3 Å². The zero-order valence-electron chi connectivity index (χ0n) is 29.7. The van der Waals surface area contributed by atoms with E-state index in [4.69, 9.17) is 14.2 Å². The molecule has 266 valence electrons. The van der Waals surface area contributed by atoms with Gasteiger partial charge in [-0.05, 0) is 55.7 Å². The molecule has 3 aliphatic rings. The second kappa shape index (κ2) is 13.0. The van der Waals surface area contributed by atoms with E-state index in [0.29, 0.717) is 54.4 Å². The van der Waals surface area contributed by atoms with Crippen LogP contribution in [0.25, 0.3) is 21.9 Å². The van der Waals surface area contributed by atoms with Crippen molar-refractivity contribution >= 4 is 34.2 Å². The number of piperidine rings is 1. The molecule has 0 aliphatic carbocycles. The number of ether oxygens (including phenoxy) is 3. The van der Waals surface area contributed by atoms with Gasteiger partial charge in [-0.3, -0.25) is 29.4 Å². The zero-order valence-corrected chi connectivity index (χ0v) is 29.7. The van der Waals surface area contributed by atoms with E-state index >= 15 is 0 Å². The van der Waals surface area contributed by atoms with Crippen molar-refractivity contribution < 1.29 is 28.6 Å². The second-order valence-electron chi connectivity index (χ2n) is 14.0. The van der Waals surface area contributed by atoms with Gasteiger partial charge >= 0.3 is 0 Å². The molecule has 0 radical (unpaired) electrons. The van der Waals surface area contributed by atoms with Crippen molar-refractivity contribution in [3.8, 4) is 28.5 Å². The van der Waals surface area contributed by atoms with Gasteiger partial charge in [0.2, 0.25) is 17.7 Å². The number of carbonyl (C=O) groups excluding carboxylic acids is 3. The quantitative estimate of drug-likeness (QED) is 0.273. The minimum atomic E-state index is -0.641. The van der Waals surface area contributed by atoms with E-state index in [1.54, 1.807) is 56.3 Å². The summed E-state index contributed by atoms with van der Waals surface area (Å²) in [6.45, 7) is 7.51. The van der Waals surface area contributed by atoms with Crippen LogP contribution in [0.3, 0.4) is 0 Å². The number of nitrogens with one attached hydrogen (secondary N) is 1. The predicted octanol–water partition coefficient (Wildman–Crippen LogP) is 3.49. The van der Waals surface area contributed by atoms with E-state index in [0.717, 1.165) is 46.4 Å². The highest BCUT2D eigenvalue weighted by molar-refractivity contribution is 6.05. The molecular weight excluding hydrogens is 652 g/mol. The first kappa shape index (κ1) is 34.0. The first-order valence-electron chi connectivity index (χ1n) is 17.0. The van der Waals surface area contributed by atoms with Crippen LogP contribution in [-0.4, -0.2) is 89.6 Å². The van der Waals surface area contributed by atoms with Gasteiger partial charge < -0.3 is 28.6 Å². The smallest absolute Gasteiger partial charge is 0.259 e. The summed E-state index contributed by atoms with van der Waals surface area (Å²) in [5.41, 5.74) is 4.58. The summed E-state index contributed by atoms with van der Waals surface area (Å²) < 4.78 is 18.9. The van der Waals surface area contributed by atoms with Crippen molar-refractivity contribution in [1.29, 1.82) is 0 Å². The predicted molar refractivity (Wildman–Crippen MR) is 191 cm³/mol. The number of hydrogen-bond acceptors (Lipinski definition) is 10. The Morgan fingerprint density at radius 3 is 2.33 bits per heavy atom. The Hall–Kier alpha value is -5.43. The standard InChI is InChI=1S/C38H42N6O7/c1-38(2)21-42(24-8-7-22-18-44(37(48)25(22)15-24)30-9-10-33(45)40-35(30)46)11-12-43(38)20-29-31(49-4)13-23(14-32(29)50-5)28-19-41(3)36(47)27-17-39-34(51-6)16-26(27)28/h7-8,13-17,19,30H,9-12,18,20-21H2,1-6H3,(H,40,45,46). The van der Waals surface area contributed by atoms with E-state index in [9.17, 15) is 19.2 Å². The number of amides is 3. The van der Waals surface area contributed by atoms with Crippen LogP contribution in [-0.2, 0) is 29.7 Å². The van der Waals surface area contributed by atoms with Crippen molar-refractivity contribution in [3.63, 3.8) is 0 Å². The van der Waals surface area contributed by atoms with Gasteiger partial charge in [0.05, 0.1) is 32.3 Å². The Morgan fingerprint density at radius 2 is 1.67 bits per heavy atom. The fourth-order valence-corrected chi connectivity index (χ4v) is 7.61. The number of rotatable bonds is 8. The molecule has 1 unspecified atom stereocenters. The lowest BCUT2D eigenvalue weighted by Gasteiger charge is -2.48. The summed E-state index contributed by atoms with van der Waals surface area (Å²) in [5, 5.41) is 3.57. The molecule has 0 spiro atoms. The molecule has 5 heterocycles. The van der Waals surface area contributed by atoms with Gasteiger partial charge in [-0.15, -0.1) is 0 Å². The average Bonchev–Trinajstić information content (AvgIpc) is 3.44. The van der Waals surface area contributed by atoms with Crippen LogP contribution < -0.4 is 30.0 Å². The highest BCUT2D eigenvalue weighted by Gasteiger charge is 2.40. The minimum Gasteiger partial charge on any atom is -0.496 e. The summed E-state index contributed by atoms with van der Waals surface area (Å²) in [6.07, 6.45) is 3.91. The molecule has 3 aliphatic heterocycles. The van der Waals surface area contributed by atoms with E-state index in [1.165, 1.54) is 0 Å². The fourth-order valence-electron chi connectivity index (χ4n) is 7.61. The molecule has 2 aromatic heterocycles. The van der Waals surface area contributed by atoms with Crippen LogP contribution in [0.2, 0.25) is 0 Å². The normalized spacial score (nSPS) is 18.9. The van der Waals surface area contributed by atoms with Crippen LogP contribution in [0.5, 0.6) is 17.4 Å². The van der Waals surface area contributed by atoms with Crippen molar-refractivity contribution in [2.75, 3.05) is 45.9 Å². The van der Waals surface area contributed by atoms with Gasteiger partial charge in [-0.2, -0.15) is 0 Å². The molecule has 1 N–H and O–H groups in total. The number of hydrogen-bond donors (Lipinski definition) is 1. The van der Waals surface area contributed by atoms with Gasteiger partial charge in [0.25, 0.3) is 11.5 Å². The van der Waals surface area contributed by atoms with Gasteiger partial charge in [0.1, 0.15) is 17.5 Å². The van der Waals surface area contributed by atoms with Gasteiger partial charge in [0, 0.05) is 92.4 Å². The van der Waals surface area contributed by atoms with E-state index in [2.05, 4.69) is 33.9 Å². The lowest BCUT2D eigenvalue weighted by atomic mass is 9.95. The largest absolute Gasteiger partial charge is 0.496 e. The monoisotopic (exact) mass is 694 g/mol. The third-order valence-corrected chi connectivity index (χ3v) is 10.5. The van der Waals surface area contributed by atoms with Gasteiger partial charge in [-0.1, -0.05) is 6.07 Å². The molecule has 51 heavy (non-hydrogen) atoms. The Labute approximate surface area is 295 Å². The molecule has 3 amide bonds. The third-order valence-electron chi connectivity index (χ3n) is 10.5. The van der Waals surface area contributed by atoms with Crippen LogP contribution in [0.15, 0.2) is 53.6 Å². The molecule has 2 saturated heterocycles. The SMILES string of the molecule is COc1cc2c(-c3cc(OC)c(CN4CCN(c5ccc6c(c5)C(=O)N(C5CCC(=O)NC5=O)C6)CC4(C)C)c(OC)c3)cn(C)c(=O)c2cn1. The topological polar surface area (TPSA) is 136 Å². The average molecular weight is 695 g/mol. The molecular formula is C38H42N6O7. The fraction of sp³-hybridized carbons (Fsp3) is 0.395. The summed E-state index contributed by atoms with van der Waals surface area (Å²) in [6, 6.07) is 11.1. The van der Waals surface area contributed by atoms with E-state index < -0.39 is 11.9 Å². The van der Waals surface area contributed by atoms with Crippen LogP contribution in [0.4, 0.5) is 5.69 Å². The summed E-state index contributed by atoms with van der Waals surface area (Å²) in [7, 11) is 6.56.